The Bertz CT molecular complexity index is 439. The molecule has 2 aromatic rings. The zero-order valence-corrected chi connectivity index (χ0v) is 8.14. The molecule has 0 amide bonds. The van der Waals surface area contributed by atoms with E-state index >= 15 is 0 Å². The van der Waals surface area contributed by atoms with Gasteiger partial charge in [-0.25, -0.2) is 0 Å². The molecule has 0 spiro atoms. The molecule has 14 heavy (non-hydrogen) atoms. The van der Waals surface area contributed by atoms with Crippen LogP contribution < -0.4 is 0 Å². The van der Waals surface area contributed by atoms with Gasteiger partial charge >= 0.3 is 0 Å². The first-order chi connectivity index (χ1) is 6.81. The van der Waals surface area contributed by atoms with E-state index < -0.39 is 0 Å². The minimum Gasteiger partial charge on any atom is -0.388 e. The van der Waals surface area contributed by atoms with E-state index in [0.29, 0.717) is 0 Å². The van der Waals surface area contributed by atoms with Crippen LogP contribution in [0.15, 0.2) is 36.5 Å². The highest BCUT2D eigenvalue weighted by atomic mass is 16.3. The van der Waals surface area contributed by atoms with Crippen molar-refractivity contribution in [2.24, 2.45) is 0 Å². The van der Waals surface area contributed by atoms with Crippen LogP contribution in [0.25, 0.3) is 10.9 Å². The summed E-state index contributed by atoms with van der Waals surface area (Å²) in [5.74, 6) is 0. The van der Waals surface area contributed by atoms with Crippen molar-refractivity contribution in [2.75, 3.05) is 0 Å². The van der Waals surface area contributed by atoms with Crippen molar-refractivity contribution in [3.05, 3.63) is 42.1 Å². The number of pyridine rings is 1. The van der Waals surface area contributed by atoms with Gasteiger partial charge in [-0.2, -0.15) is 0 Å². The van der Waals surface area contributed by atoms with E-state index in [1.807, 2.05) is 37.3 Å². The molecule has 1 atom stereocenters. The monoisotopic (exact) mass is 187 g/mol. The molecular weight excluding hydrogens is 174 g/mol. The highest BCUT2D eigenvalue weighted by molar-refractivity contribution is 5.78. The Balaban J connectivity index is 2.51. The van der Waals surface area contributed by atoms with Crippen LogP contribution in [0, 0.1) is 0 Å². The summed E-state index contributed by atoms with van der Waals surface area (Å²) in [6.45, 7) is 1.97. The average molecular weight is 187 g/mol. The molecule has 2 rings (SSSR count). The summed E-state index contributed by atoms with van der Waals surface area (Å²) in [6, 6.07) is 9.79. The lowest BCUT2D eigenvalue weighted by Crippen LogP contribution is -1.94. The second-order valence-electron chi connectivity index (χ2n) is 3.38. The quantitative estimate of drug-likeness (QED) is 0.784. The number of hydrogen-bond donors (Lipinski definition) is 1. The fourth-order valence-corrected chi connectivity index (χ4v) is 1.54. The number of aromatic nitrogens is 1. The van der Waals surface area contributed by atoms with Crippen LogP contribution in [0.1, 0.15) is 25.0 Å². The second-order valence-corrected chi connectivity index (χ2v) is 3.38. The summed E-state index contributed by atoms with van der Waals surface area (Å²) in [6.07, 6.45) is 2.16. The first-order valence-electron chi connectivity index (χ1n) is 4.84. The van der Waals surface area contributed by atoms with Crippen LogP contribution in [-0.2, 0) is 0 Å². The average Bonchev–Trinajstić information content (AvgIpc) is 2.27. The number of aliphatic hydroxyl groups excluding tert-OH is 1. The summed E-state index contributed by atoms with van der Waals surface area (Å²) in [5, 5.41) is 10.7. The maximum absolute atomic E-state index is 9.67. The van der Waals surface area contributed by atoms with Crippen molar-refractivity contribution in [2.45, 2.75) is 19.4 Å². The van der Waals surface area contributed by atoms with Crippen molar-refractivity contribution in [3.8, 4) is 0 Å². The fraction of sp³-hybridized carbons (Fsp3) is 0.250. The van der Waals surface area contributed by atoms with Crippen molar-refractivity contribution in [3.63, 3.8) is 0 Å². The summed E-state index contributed by atoms with van der Waals surface area (Å²) in [4.78, 5) is 4.23. The molecule has 0 aliphatic carbocycles. The van der Waals surface area contributed by atoms with E-state index in [2.05, 4.69) is 4.98 Å². The highest BCUT2D eigenvalue weighted by Crippen LogP contribution is 2.20. The lowest BCUT2D eigenvalue weighted by atomic mass is 10.0. The number of benzene rings is 1. The Morgan fingerprint density at radius 2 is 2.21 bits per heavy atom. The summed E-state index contributed by atoms with van der Waals surface area (Å²) in [7, 11) is 0. The molecule has 0 aliphatic heterocycles. The maximum Gasteiger partial charge on any atom is 0.0787 e. The number of hydrogen-bond acceptors (Lipinski definition) is 2. The zero-order chi connectivity index (χ0) is 9.97. The molecular formula is C12H13NO. The van der Waals surface area contributed by atoms with Crippen molar-refractivity contribution in [1.82, 2.24) is 4.98 Å². The third kappa shape index (κ3) is 1.61. The van der Waals surface area contributed by atoms with E-state index in [9.17, 15) is 5.11 Å². The lowest BCUT2D eigenvalue weighted by molar-refractivity contribution is 0.174. The zero-order valence-electron chi connectivity index (χ0n) is 8.14. The van der Waals surface area contributed by atoms with Gasteiger partial charge in [0.2, 0.25) is 0 Å². The van der Waals surface area contributed by atoms with Gasteiger partial charge in [0.15, 0.2) is 0 Å². The van der Waals surface area contributed by atoms with Crippen molar-refractivity contribution < 1.29 is 5.11 Å². The van der Waals surface area contributed by atoms with Gasteiger partial charge < -0.3 is 5.11 Å². The predicted octanol–water partition coefficient (Wildman–Crippen LogP) is 2.68. The minimum absolute atomic E-state index is 0.361. The van der Waals surface area contributed by atoms with Crippen molar-refractivity contribution >= 4 is 10.9 Å². The van der Waals surface area contributed by atoms with E-state index in [1.54, 1.807) is 6.20 Å². The SMILES string of the molecule is CC[C@@H](O)c1ccc2ncccc2c1. The molecule has 1 heterocycles. The first-order valence-corrected chi connectivity index (χ1v) is 4.84. The topological polar surface area (TPSA) is 33.1 Å². The fourth-order valence-electron chi connectivity index (χ4n) is 1.54. The predicted molar refractivity (Wildman–Crippen MR) is 57.0 cm³/mol. The van der Waals surface area contributed by atoms with E-state index in [-0.39, 0.29) is 6.10 Å². The van der Waals surface area contributed by atoms with Gasteiger partial charge in [-0.05, 0) is 30.2 Å². The summed E-state index contributed by atoms with van der Waals surface area (Å²) < 4.78 is 0. The molecule has 2 nitrogen and oxygen atoms in total. The lowest BCUT2D eigenvalue weighted by Gasteiger charge is -2.08. The largest absolute Gasteiger partial charge is 0.388 e. The third-order valence-corrected chi connectivity index (χ3v) is 2.40. The maximum atomic E-state index is 9.67. The van der Waals surface area contributed by atoms with Crippen molar-refractivity contribution in [1.29, 1.82) is 0 Å². The molecule has 0 fully saturated rings. The van der Waals surface area contributed by atoms with Crippen LogP contribution in [0.4, 0.5) is 0 Å². The molecule has 0 aliphatic rings. The first kappa shape index (κ1) is 9.16. The molecule has 0 saturated carbocycles. The number of aliphatic hydroxyl groups is 1. The van der Waals surface area contributed by atoms with Gasteiger partial charge in [-0.15, -0.1) is 0 Å². The standard InChI is InChI=1S/C12H13NO/c1-2-12(14)10-5-6-11-9(8-10)4-3-7-13-11/h3-8,12,14H,2H2,1H3/t12-/m1/s1. The smallest absolute Gasteiger partial charge is 0.0787 e. The molecule has 0 saturated heterocycles. The second kappa shape index (κ2) is 3.76. The van der Waals surface area contributed by atoms with E-state index in [4.69, 9.17) is 0 Å². The highest BCUT2D eigenvalue weighted by Gasteiger charge is 2.04. The Kier molecular flexibility index (Phi) is 2.46. The molecule has 72 valence electrons. The van der Waals surface area contributed by atoms with Gasteiger partial charge in [-0.3, -0.25) is 4.98 Å². The minimum atomic E-state index is -0.361. The summed E-state index contributed by atoms with van der Waals surface area (Å²) in [5.41, 5.74) is 1.94. The number of fused-ring (bicyclic) bond motifs is 1. The molecule has 1 N–H and O–H groups in total. The van der Waals surface area contributed by atoms with Gasteiger partial charge in [0.1, 0.15) is 0 Å². The van der Waals surface area contributed by atoms with Crippen LogP contribution in [-0.4, -0.2) is 10.1 Å². The summed E-state index contributed by atoms with van der Waals surface area (Å²) >= 11 is 0. The van der Waals surface area contributed by atoms with Crippen LogP contribution in [0.3, 0.4) is 0 Å². The molecule has 0 bridgehead atoms. The molecule has 2 heteroatoms. The van der Waals surface area contributed by atoms with Crippen LogP contribution >= 0.6 is 0 Å². The Morgan fingerprint density at radius 1 is 1.36 bits per heavy atom. The number of nitrogens with zero attached hydrogens (tertiary/aromatic N) is 1. The molecule has 1 aromatic carbocycles. The number of rotatable bonds is 2. The van der Waals surface area contributed by atoms with Crippen LogP contribution in [0.2, 0.25) is 0 Å². The van der Waals surface area contributed by atoms with Gasteiger partial charge in [0, 0.05) is 11.6 Å². The Morgan fingerprint density at radius 3 is 3.00 bits per heavy atom. The Labute approximate surface area is 83.2 Å². The van der Waals surface area contributed by atoms with Gasteiger partial charge in [-0.1, -0.05) is 19.1 Å². The third-order valence-electron chi connectivity index (χ3n) is 2.40. The van der Waals surface area contributed by atoms with E-state index in [0.717, 1.165) is 22.9 Å². The normalized spacial score (nSPS) is 13.0. The van der Waals surface area contributed by atoms with E-state index in [1.165, 1.54) is 0 Å². The van der Waals surface area contributed by atoms with Crippen LogP contribution in [0.5, 0.6) is 0 Å². The van der Waals surface area contributed by atoms with Gasteiger partial charge in [0.25, 0.3) is 0 Å². The Hall–Kier alpha value is -1.41. The molecule has 1 aromatic heterocycles. The molecule has 0 unspecified atom stereocenters. The molecule has 0 radical (unpaired) electrons. The van der Waals surface area contributed by atoms with Gasteiger partial charge in [0.05, 0.1) is 11.6 Å².